The molecule has 96 valence electrons. The molecule has 0 saturated carbocycles. The molecule has 6 heteroatoms. The van der Waals surface area contributed by atoms with Gasteiger partial charge < -0.3 is 26.0 Å². The van der Waals surface area contributed by atoms with E-state index in [4.69, 9.17) is 0 Å². The Bertz CT molecular complexity index is 604. The highest BCUT2D eigenvalue weighted by Crippen LogP contribution is 2.34. The smallest absolute Gasteiger partial charge is 0.354 e. The molecule has 0 fully saturated rings. The monoisotopic (exact) mass is 248 g/mol. The number of rotatable bonds is 4. The quantitative estimate of drug-likeness (QED) is 0.571. The average molecular weight is 248 g/mol. The van der Waals surface area contributed by atoms with Crippen LogP contribution < -0.4 is 16.0 Å². The molecule has 2 rings (SSSR count). The van der Waals surface area contributed by atoms with E-state index in [1.54, 1.807) is 14.1 Å². The van der Waals surface area contributed by atoms with Crippen LogP contribution in [0.25, 0.3) is 10.9 Å². The number of fused-ring (bicyclic) bond motifs is 1. The molecule has 0 aliphatic heterocycles. The highest BCUT2D eigenvalue weighted by Gasteiger charge is 2.18. The highest BCUT2D eigenvalue weighted by atomic mass is 16.4. The fourth-order valence-electron chi connectivity index (χ4n) is 2.06. The van der Waals surface area contributed by atoms with Crippen LogP contribution in [0.2, 0.25) is 0 Å². The number of hydrogen-bond donors (Lipinski definition) is 5. The molecule has 0 spiro atoms. The van der Waals surface area contributed by atoms with Gasteiger partial charge in [0.15, 0.2) is 0 Å². The lowest BCUT2D eigenvalue weighted by molar-refractivity contribution is 0.0692. The van der Waals surface area contributed by atoms with Crippen molar-refractivity contribution in [2.75, 3.05) is 37.1 Å². The topological polar surface area (TPSA) is 89.2 Å². The summed E-state index contributed by atoms with van der Waals surface area (Å²) < 4.78 is 0. The fourth-order valence-corrected chi connectivity index (χ4v) is 2.06. The highest BCUT2D eigenvalue weighted by molar-refractivity contribution is 6.10. The molecule has 2 aromatic rings. The standard InChI is InChI=1S/C12H16N4O2/c1-13-6-4-7-9(8(5-6)14-2)16-11(12(17)18)10(7)15-3/h4-5,13-16H,1-3H3,(H,17,18). The van der Waals surface area contributed by atoms with Gasteiger partial charge in [0, 0.05) is 32.2 Å². The number of H-pyrrole nitrogens is 1. The molecule has 18 heavy (non-hydrogen) atoms. The van der Waals surface area contributed by atoms with Crippen LogP contribution in [0.5, 0.6) is 0 Å². The Labute approximate surface area is 104 Å². The van der Waals surface area contributed by atoms with Crippen molar-refractivity contribution in [2.45, 2.75) is 0 Å². The normalized spacial score (nSPS) is 10.4. The van der Waals surface area contributed by atoms with Crippen molar-refractivity contribution in [1.82, 2.24) is 4.98 Å². The van der Waals surface area contributed by atoms with Crippen LogP contribution in [0, 0.1) is 0 Å². The summed E-state index contributed by atoms with van der Waals surface area (Å²) in [5, 5.41) is 19.1. The summed E-state index contributed by atoms with van der Waals surface area (Å²) >= 11 is 0. The Morgan fingerprint density at radius 3 is 2.39 bits per heavy atom. The summed E-state index contributed by atoms with van der Waals surface area (Å²) in [5.41, 5.74) is 3.29. The lowest BCUT2D eigenvalue weighted by Crippen LogP contribution is -2.01. The number of aromatic amines is 1. The number of aromatic carboxylic acids is 1. The van der Waals surface area contributed by atoms with E-state index in [0.29, 0.717) is 5.69 Å². The summed E-state index contributed by atoms with van der Waals surface area (Å²) in [6.45, 7) is 0. The third-order valence-corrected chi connectivity index (χ3v) is 2.93. The average Bonchev–Trinajstić information content (AvgIpc) is 2.75. The molecule has 1 aromatic carbocycles. The summed E-state index contributed by atoms with van der Waals surface area (Å²) in [6.07, 6.45) is 0. The van der Waals surface area contributed by atoms with Gasteiger partial charge in [-0.2, -0.15) is 0 Å². The minimum absolute atomic E-state index is 0.164. The lowest BCUT2D eigenvalue weighted by atomic mass is 10.1. The van der Waals surface area contributed by atoms with Gasteiger partial charge in [0.1, 0.15) is 5.69 Å². The van der Waals surface area contributed by atoms with E-state index in [1.807, 2.05) is 19.2 Å². The largest absolute Gasteiger partial charge is 0.477 e. The van der Waals surface area contributed by atoms with Gasteiger partial charge in [0.05, 0.1) is 16.9 Å². The van der Waals surface area contributed by atoms with E-state index in [0.717, 1.165) is 22.3 Å². The molecule has 1 aromatic heterocycles. The minimum atomic E-state index is -0.983. The molecular formula is C12H16N4O2. The summed E-state index contributed by atoms with van der Waals surface area (Å²) in [6, 6.07) is 3.83. The molecule has 0 atom stereocenters. The maximum atomic E-state index is 11.2. The number of benzene rings is 1. The van der Waals surface area contributed by atoms with E-state index < -0.39 is 5.97 Å². The maximum absolute atomic E-state index is 11.2. The Morgan fingerprint density at radius 2 is 1.89 bits per heavy atom. The van der Waals surface area contributed by atoms with Gasteiger partial charge in [0.2, 0.25) is 0 Å². The molecule has 0 bridgehead atoms. The zero-order valence-electron chi connectivity index (χ0n) is 10.5. The number of aromatic nitrogens is 1. The molecule has 0 aliphatic rings. The lowest BCUT2D eigenvalue weighted by Gasteiger charge is -2.07. The number of carboxylic acid groups (broad SMARTS) is 1. The molecule has 0 radical (unpaired) electrons. The fraction of sp³-hybridized carbons (Fsp3) is 0.250. The molecule has 0 amide bonds. The molecule has 6 nitrogen and oxygen atoms in total. The molecule has 1 heterocycles. The van der Waals surface area contributed by atoms with Gasteiger partial charge in [-0.3, -0.25) is 0 Å². The second-order valence-corrected chi connectivity index (χ2v) is 3.88. The second-order valence-electron chi connectivity index (χ2n) is 3.88. The van der Waals surface area contributed by atoms with E-state index in [9.17, 15) is 9.90 Å². The predicted octanol–water partition coefficient (Wildman–Crippen LogP) is 1.99. The van der Waals surface area contributed by atoms with Gasteiger partial charge in [-0.15, -0.1) is 0 Å². The van der Waals surface area contributed by atoms with Crippen LogP contribution in [0.4, 0.5) is 17.1 Å². The Balaban J connectivity index is 2.82. The number of nitrogens with one attached hydrogen (secondary N) is 4. The van der Waals surface area contributed by atoms with E-state index in [-0.39, 0.29) is 5.69 Å². The SMILES string of the molecule is CNc1cc(NC)c2[nH]c(C(=O)O)c(NC)c2c1. The van der Waals surface area contributed by atoms with Crippen molar-refractivity contribution in [2.24, 2.45) is 0 Å². The van der Waals surface area contributed by atoms with Crippen molar-refractivity contribution in [3.63, 3.8) is 0 Å². The van der Waals surface area contributed by atoms with Crippen LogP contribution >= 0.6 is 0 Å². The third-order valence-electron chi connectivity index (χ3n) is 2.93. The minimum Gasteiger partial charge on any atom is -0.477 e. The number of hydrogen-bond acceptors (Lipinski definition) is 4. The Morgan fingerprint density at radius 1 is 1.17 bits per heavy atom. The molecular weight excluding hydrogens is 232 g/mol. The van der Waals surface area contributed by atoms with Crippen LogP contribution in [-0.2, 0) is 0 Å². The maximum Gasteiger partial charge on any atom is 0.354 e. The molecule has 5 N–H and O–H groups in total. The molecule has 0 saturated heterocycles. The number of carbonyl (C=O) groups is 1. The van der Waals surface area contributed by atoms with Crippen molar-refractivity contribution in [3.05, 3.63) is 17.8 Å². The molecule has 0 aliphatic carbocycles. The van der Waals surface area contributed by atoms with Crippen molar-refractivity contribution < 1.29 is 9.90 Å². The van der Waals surface area contributed by atoms with Gasteiger partial charge in [-0.1, -0.05) is 0 Å². The summed E-state index contributed by atoms with van der Waals surface area (Å²) in [5.74, 6) is -0.983. The molecule has 0 unspecified atom stereocenters. The first-order chi connectivity index (χ1) is 8.62. The number of anilines is 3. The van der Waals surface area contributed by atoms with E-state index in [1.165, 1.54) is 0 Å². The second kappa shape index (κ2) is 4.48. The van der Waals surface area contributed by atoms with Crippen LogP contribution in [0.3, 0.4) is 0 Å². The predicted molar refractivity (Wildman–Crippen MR) is 73.9 cm³/mol. The van der Waals surface area contributed by atoms with E-state index >= 15 is 0 Å². The van der Waals surface area contributed by atoms with E-state index in [2.05, 4.69) is 20.9 Å². The van der Waals surface area contributed by atoms with Gasteiger partial charge in [-0.05, 0) is 12.1 Å². The van der Waals surface area contributed by atoms with Crippen LogP contribution in [-0.4, -0.2) is 37.2 Å². The first-order valence-electron chi connectivity index (χ1n) is 5.58. The van der Waals surface area contributed by atoms with Crippen molar-refractivity contribution >= 4 is 33.9 Å². The zero-order valence-corrected chi connectivity index (χ0v) is 10.5. The van der Waals surface area contributed by atoms with Crippen molar-refractivity contribution in [1.29, 1.82) is 0 Å². The van der Waals surface area contributed by atoms with Gasteiger partial charge >= 0.3 is 5.97 Å². The van der Waals surface area contributed by atoms with Crippen LogP contribution in [0.1, 0.15) is 10.5 Å². The first kappa shape index (κ1) is 12.1. The van der Waals surface area contributed by atoms with Crippen molar-refractivity contribution in [3.8, 4) is 0 Å². The van der Waals surface area contributed by atoms with Gasteiger partial charge in [0.25, 0.3) is 0 Å². The summed E-state index contributed by atoms with van der Waals surface area (Å²) in [4.78, 5) is 14.1. The Kier molecular flexibility index (Phi) is 3.01. The summed E-state index contributed by atoms with van der Waals surface area (Å²) in [7, 11) is 5.33. The Hall–Kier alpha value is -2.37. The number of carboxylic acids is 1. The zero-order chi connectivity index (χ0) is 13.3. The van der Waals surface area contributed by atoms with Crippen LogP contribution in [0.15, 0.2) is 12.1 Å². The van der Waals surface area contributed by atoms with Gasteiger partial charge in [-0.25, -0.2) is 4.79 Å². The third kappa shape index (κ3) is 1.71. The first-order valence-corrected chi connectivity index (χ1v) is 5.58.